The minimum absolute atomic E-state index is 0.0692. The van der Waals surface area contributed by atoms with Gasteiger partial charge in [0, 0.05) is 35.8 Å². The lowest BCUT2D eigenvalue weighted by Gasteiger charge is -2.31. The van der Waals surface area contributed by atoms with Crippen LogP contribution >= 0.6 is 0 Å². The Labute approximate surface area is 230 Å². The van der Waals surface area contributed by atoms with E-state index in [9.17, 15) is 40.7 Å². The number of primary amides is 1. The van der Waals surface area contributed by atoms with Crippen LogP contribution in [0.2, 0.25) is 0 Å². The number of nitrogens with one attached hydrogen (secondary N) is 1. The highest BCUT2D eigenvalue weighted by molar-refractivity contribution is 6.21. The molecule has 4 rings (SSSR count). The Kier molecular flexibility index (Phi) is 8.59. The van der Waals surface area contributed by atoms with E-state index in [-0.39, 0.29) is 18.9 Å². The summed E-state index contributed by atoms with van der Waals surface area (Å²) in [6.45, 7) is 0.179. The molecule has 0 aliphatic carbocycles. The summed E-state index contributed by atoms with van der Waals surface area (Å²) < 4.78 is 83.8. The van der Waals surface area contributed by atoms with Crippen LogP contribution in [-0.2, 0) is 14.4 Å². The number of carbonyl (C=O) groups excluding carboxylic acids is 3. The number of aliphatic imine (C=N–C) groups is 1. The Morgan fingerprint density at radius 1 is 0.976 bits per heavy atom. The third kappa shape index (κ3) is 7.16. The summed E-state index contributed by atoms with van der Waals surface area (Å²) in [7, 11) is 0. The second-order valence-corrected chi connectivity index (χ2v) is 9.67. The van der Waals surface area contributed by atoms with E-state index in [0.717, 1.165) is 0 Å². The van der Waals surface area contributed by atoms with Crippen LogP contribution in [0.15, 0.2) is 53.5 Å². The molecule has 41 heavy (non-hydrogen) atoms. The molecule has 0 aromatic heterocycles. The molecular formula is C27H26F6N4O4. The molecule has 3 unspecified atom stereocenters. The summed E-state index contributed by atoms with van der Waals surface area (Å²) >= 11 is 0. The molecule has 2 aliphatic rings. The zero-order chi connectivity index (χ0) is 29.9. The van der Waals surface area contributed by atoms with Gasteiger partial charge in [-0.25, -0.2) is 4.99 Å². The molecule has 2 aliphatic heterocycles. The van der Waals surface area contributed by atoms with Crippen molar-refractivity contribution in [2.24, 2.45) is 22.6 Å². The molecule has 2 aromatic rings. The van der Waals surface area contributed by atoms with Crippen LogP contribution in [0, 0.1) is 11.8 Å². The number of carbonyl (C=O) groups is 3. The van der Waals surface area contributed by atoms with Crippen LogP contribution in [0.1, 0.15) is 36.8 Å². The first-order valence-corrected chi connectivity index (χ1v) is 12.7. The Morgan fingerprint density at radius 3 is 2.22 bits per heavy atom. The average Bonchev–Trinajstić information content (AvgIpc) is 3.01. The minimum atomic E-state index is -4.77. The number of anilines is 1. The monoisotopic (exact) mass is 584 g/mol. The van der Waals surface area contributed by atoms with Crippen molar-refractivity contribution in [2.75, 3.05) is 18.1 Å². The molecule has 0 radical (unpaired) electrons. The van der Waals surface area contributed by atoms with Crippen LogP contribution in [0.4, 0.5) is 32.0 Å². The normalized spacial score (nSPS) is 18.4. The largest absolute Gasteiger partial charge is 0.490 e. The van der Waals surface area contributed by atoms with Gasteiger partial charge in [-0.1, -0.05) is 42.5 Å². The van der Waals surface area contributed by atoms with Crippen molar-refractivity contribution in [1.82, 2.24) is 5.32 Å². The number of nitrogens with zero attached hydrogens (tertiary/aromatic N) is 2. The molecule has 220 valence electrons. The lowest BCUT2D eigenvalue weighted by molar-refractivity contribution is -0.152. The van der Waals surface area contributed by atoms with Crippen LogP contribution < -0.4 is 20.7 Å². The first kappa shape index (κ1) is 29.9. The maximum absolute atomic E-state index is 13.7. The molecule has 3 amide bonds. The molecule has 2 aromatic carbocycles. The fraction of sp³-hybridized carbons (Fsp3) is 0.407. The fourth-order valence-corrected chi connectivity index (χ4v) is 4.95. The Bertz CT molecular complexity index is 1330. The minimum Gasteiger partial charge on any atom is -0.490 e. The van der Waals surface area contributed by atoms with Gasteiger partial charge in [0.15, 0.2) is 0 Å². The molecule has 3 atom stereocenters. The lowest BCUT2D eigenvalue weighted by atomic mass is 9.83. The fourth-order valence-electron chi connectivity index (χ4n) is 4.95. The number of para-hydroxylation sites is 1. The molecule has 3 N–H and O–H groups in total. The van der Waals surface area contributed by atoms with Crippen molar-refractivity contribution in [1.29, 1.82) is 0 Å². The average molecular weight is 585 g/mol. The van der Waals surface area contributed by atoms with E-state index >= 15 is 0 Å². The van der Waals surface area contributed by atoms with Crippen molar-refractivity contribution in [2.45, 2.75) is 44.2 Å². The van der Waals surface area contributed by atoms with Crippen LogP contribution in [0.5, 0.6) is 5.75 Å². The maximum atomic E-state index is 13.7. The quantitative estimate of drug-likeness (QED) is 0.432. The molecule has 0 fully saturated rings. The number of ether oxygens (including phenoxy) is 1. The summed E-state index contributed by atoms with van der Waals surface area (Å²) in [5, 5.41) is 2.31. The molecule has 14 heteroatoms. The Balaban J connectivity index is 1.73. The second kappa shape index (κ2) is 11.8. The number of halogens is 6. The number of amides is 3. The first-order valence-electron chi connectivity index (χ1n) is 12.7. The SMILES string of the molecule is NC(=O)C(CCC(F)(F)F)C(CCC(F)(F)F)C(=O)NC1N=C(c2ccccc2)c2cccc3c2N(CCO3)C1=O. The number of alkyl halides is 6. The number of rotatable bonds is 9. The Hall–Kier alpha value is -4.10. The summed E-state index contributed by atoms with van der Waals surface area (Å²) in [5.74, 6) is -6.73. The third-order valence-corrected chi connectivity index (χ3v) is 6.85. The number of hydrogen-bond donors (Lipinski definition) is 2. The van der Waals surface area contributed by atoms with Crippen molar-refractivity contribution < 1.29 is 45.5 Å². The zero-order valence-corrected chi connectivity index (χ0v) is 21.5. The van der Waals surface area contributed by atoms with Crippen molar-refractivity contribution in [3.63, 3.8) is 0 Å². The van der Waals surface area contributed by atoms with E-state index in [4.69, 9.17) is 10.5 Å². The molecule has 0 bridgehead atoms. The lowest BCUT2D eigenvalue weighted by Crippen LogP contribution is -2.52. The Morgan fingerprint density at radius 2 is 1.61 bits per heavy atom. The van der Waals surface area contributed by atoms with Gasteiger partial charge in [-0.2, -0.15) is 26.3 Å². The van der Waals surface area contributed by atoms with Crippen molar-refractivity contribution >= 4 is 29.1 Å². The molecule has 0 saturated carbocycles. The second-order valence-electron chi connectivity index (χ2n) is 9.67. The van der Waals surface area contributed by atoms with Crippen LogP contribution in [0.3, 0.4) is 0 Å². The molecular weight excluding hydrogens is 558 g/mol. The van der Waals surface area contributed by atoms with Crippen molar-refractivity contribution in [3.05, 3.63) is 59.7 Å². The zero-order valence-electron chi connectivity index (χ0n) is 21.5. The number of benzene rings is 2. The predicted molar refractivity (Wildman–Crippen MR) is 135 cm³/mol. The maximum Gasteiger partial charge on any atom is 0.389 e. The number of nitrogens with two attached hydrogens (primary N) is 1. The van der Waals surface area contributed by atoms with Gasteiger partial charge in [0.2, 0.25) is 18.0 Å². The molecule has 0 spiro atoms. The van der Waals surface area contributed by atoms with Crippen LogP contribution in [-0.4, -0.2) is 55.1 Å². The van der Waals surface area contributed by atoms with E-state index in [1.54, 1.807) is 48.5 Å². The van der Waals surface area contributed by atoms with Gasteiger partial charge in [0.05, 0.1) is 17.9 Å². The van der Waals surface area contributed by atoms with Gasteiger partial charge in [-0.3, -0.25) is 14.4 Å². The summed E-state index contributed by atoms with van der Waals surface area (Å²) in [5.41, 5.74) is 6.97. The highest BCUT2D eigenvalue weighted by Gasteiger charge is 2.42. The summed E-state index contributed by atoms with van der Waals surface area (Å²) in [4.78, 5) is 45.0. The summed E-state index contributed by atoms with van der Waals surface area (Å²) in [6, 6.07) is 13.6. The van der Waals surface area contributed by atoms with Crippen molar-refractivity contribution in [3.8, 4) is 5.75 Å². The molecule has 8 nitrogen and oxygen atoms in total. The van der Waals surface area contributed by atoms with Gasteiger partial charge >= 0.3 is 12.4 Å². The van der Waals surface area contributed by atoms with Gasteiger partial charge in [0.25, 0.3) is 5.91 Å². The van der Waals surface area contributed by atoms with E-state index in [0.29, 0.717) is 22.6 Å². The number of hydrogen-bond acceptors (Lipinski definition) is 5. The van der Waals surface area contributed by atoms with Gasteiger partial charge in [0.1, 0.15) is 12.4 Å². The highest BCUT2D eigenvalue weighted by Crippen LogP contribution is 2.39. The van der Waals surface area contributed by atoms with Gasteiger partial charge in [-0.15, -0.1) is 0 Å². The predicted octanol–water partition coefficient (Wildman–Crippen LogP) is 4.11. The van der Waals surface area contributed by atoms with Gasteiger partial charge < -0.3 is 20.7 Å². The van der Waals surface area contributed by atoms with E-state index in [1.807, 2.05) is 0 Å². The van der Waals surface area contributed by atoms with Crippen LogP contribution in [0.25, 0.3) is 0 Å². The molecule has 2 heterocycles. The third-order valence-electron chi connectivity index (χ3n) is 6.85. The van der Waals surface area contributed by atoms with E-state index < -0.39 is 73.8 Å². The van der Waals surface area contributed by atoms with E-state index in [1.165, 1.54) is 4.90 Å². The van der Waals surface area contributed by atoms with Gasteiger partial charge in [-0.05, 0) is 18.9 Å². The first-order chi connectivity index (χ1) is 19.2. The van der Waals surface area contributed by atoms with E-state index in [2.05, 4.69) is 10.3 Å². The molecule has 0 saturated heterocycles. The summed E-state index contributed by atoms with van der Waals surface area (Å²) in [6.07, 6.45) is -16.3. The highest BCUT2D eigenvalue weighted by atomic mass is 19.4. The standard InChI is InChI=1S/C27H26F6N4O4/c28-26(29,30)11-9-16(22(34)38)17(10-12-27(31,32)33)24(39)36-23-25(40)37-13-14-41-19-8-4-7-18(21(19)37)20(35-23)15-5-2-1-3-6-15/h1-8,16-17,23H,9-14H2,(H2,34,38)(H,36,39). The smallest absolute Gasteiger partial charge is 0.389 e. The topological polar surface area (TPSA) is 114 Å².